The number of benzene rings is 2. The van der Waals surface area contributed by atoms with E-state index in [-0.39, 0.29) is 11.0 Å². The summed E-state index contributed by atoms with van der Waals surface area (Å²) >= 11 is 0. The normalized spacial score (nSPS) is 14.6. The van der Waals surface area contributed by atoms with Crippen LogP contribution in [-0.4, -0.2) is 12.6 Å². The van der Waals surface area contributed by atoms with E-state index >= 15 is 0 Å². The maximum atomic E-state index is 13.1. The second-order valence-electron chi connectivity index (χ2n) is 5.76. The predicted octanol–water partition coefficient (Wildman–Crippen LogP) is 3.55. The zero-order valence-corrected chi connectivity index (χ0v) is 12.5. The second kappa shape index (κ2) is 6.09. The number of carbonyl (C=O) groups excluding carboxylic acids is 1. The lowest BCUT2D eigenvalue weighted by atomic mass is 9.96. The van der Waals surface area contributed by atoms with Gasteiger partial charge in [-0.15, -0.1) is 0 Å². The Balaban J connectivity index is 1.62. The number of amides is 2. The van der Waals surface area contributed by atoms with Gasteiger partial charge in [-0.3, -0.25) is 0 Å². The molecule has 0 bridgehead atoms. The predicted molar refractivity (Wildman–Crippen MR) is 85.5 cm³/mol. The number of hydrogen-bond donors (Lipinski definition) is 2. The highest BCUT2D eigenvalue weighted by Crippen LogP contribution is 2.47. The molecule has 1 aliphatic rings. The molecule has 1 fully saturated rings. The van der Waals surface area contributed by atoms with E-state index in [1.54, 1.807) is 0 Å². The van der Waals surface area contributed by atoms with Gasteiger partial charge < -0.3 is 10.6 Å². The minimum absolute atomic E-state index is 0.0133. The number of nitrogens with one attached hydrogen (secondary N) is 2. The zero-order chi connectivity index (χ0) is 16.3. The third-order valence-electron chi connectivity index (χ3n) is 4.18. The number of nitriles is 1. The van der Waals surface area contributed by atoms with Gasteiger partial charge in [0.25, 0.3) is 0 Å². The van der Waals surface area contributed by atoms with Crippen LogP contribution >= 0.6 is 0 Å². The molecule has 0 radical (unpaired) electrons. The van der Waals surface area contributed by atoms with Crippen LogP contribution in [-0.2, 0) is 5.41 Å². The lowest BCUT2D eigenvalue weighted by molar-refractivity contribution is 0.251. The van der Waals surface area contributed by atoms with Crippen LogP contribution in [0.5, 0.6) is 0 Å². The zero-order valence-electron chi connectivity index (χ0n) is 12.5. The van der Waals surface area contributed by atoms with Gasteiger partial charge in [-0.2, -0.15) is 5.26 Å². The van der Waals surface area contributed by atoms with Gasteiger partial charge in [0.1, 0.15) is 11.9 Å². The molecule has 5 heteroatoms. The summed E-state index contributed by atoms with van der Waals surface area (Å²) in [4.78, 5) is 12.0. The van der Waals surface area contributed by atoms with E-state index in [4.69, 9.17) is 5.26 Å². The Morgan fingerprint density at radius 1 is 1.22 bits per heavy atom. The lowest BCUT2D eigenvalue weighted by Gasteiger charge is -2.17. The van der Waals surface area contributed by atoms with Crippen molar-refractivity contribution >= 4 is 11.7 Å². The Labute approximate surface area is 133 Å². The van der Waals surface area contributed by atoms with Gasteiger partial charge >= 0.3 is 6.03 Å². The molecule has 1 aliphatic carbocycles. The molecule has 0 spiro atoms. The highest BCUT2D eigenvalue weighted by atomic mass is 19.1. The summed E-state index contributed by atoms with van der Waals surface area (Å²) in [5, 5.41) is 14.4. The van der Waals surface area contributed by atoms with Crippen molar-refractivity contribution in [1.82, 2.24) is 5.32 Å². The van der Waals surface area contributed by atoms with E-state index in [2.05, 4.69) is 22.8 Å². The first-order chi connectivity index (χ1) is 11.1. The van der Waals surface area contributed by atoms with Crippen LogP contribution in [0.1, 0.15) is 24.0 Å². The van der Waals surface area contributed by atoms with Crippen molar-refractivity contribution in [2.75, 3.05) is 11.9 Å². The molecule has 0 aromatic heterocycles. The number of carbonyl (C=O) groups is 1. The number of rotatable bonds is 4. The fraction of sp³-hybridized carbons (Fsp3) is 0.222. The van der Waals surface area contributed by atoms with E-state index < -0.39 is 11.8 Å². The largest absolute Gasteiger partial charge is 0.337 e. The fourth-order valence-electron chi connectivity index (χ4n) is 2.64. The van der Waals surface area contributed by atoms with Gasteiger partial charge in [0.2, 0.25) is 0 Å². The molecule has 0 unspecified atom stereocenters. The summed E-state index contributed by atoms with van der Waals surface area (Å²) in [7, 11) is 0. The van der Waals surface area contributed by atoms with Crippen molar-refractivity contribution in [3.63, 3.8) is 0 Å². The van der Waals surface area contributed by atoms with Crippen molar-refractivity contribution in [2.45, 2.75) is 18.3 Å². The fourth-order valence-corrected chi connectivity index (χ4v) is 2.64. The molecule has 0 atom stereocenters. The van der Waals surface area contributed by atoms with Gasteiger partial charge in [0, 0.05) is 12.0 Å². The number of anilines is 1. The van der Waals surface area contributed by atoms with Gasteiger partial charge in [-0.1, -0.05) is 30.3 Å². The van der Waals surface area contributed by atoms with Gasteiger partial charge in [0.15, 0.2) is 0 Å². The summed E-state index contributed by atoms with van der Waals surface area (Å²) < 4.78 is 13.1. The Morgan fingerprint density at radius 3 is 2.61 bits per heavy atom. The molecule has 2 amide bonds. The molecular weight excluding hydrogens is 293 g/mol. The minimum atomic E-state index is -0.506. The number of halogens is 1. The maximum absolute atomic E-state index is 13.1. The smallest absolute Gasteiger partial charge is 0.319 e. The van der Waals surface area contributed by atoms with Gasteiger partial charge in [-0.05, 0) is 36.6 Å². The highest BCUT2D eigenvalue weighted by Gasteiger charge is 2.44. The molecular formula is C18H16FN3O. The first-order valence-corrected chi connectivity index (χ1v) is 7.43. The van der Waals surface area contributed by atoms with Crippen LogP contribution < -0.4 is 10.6 Å². The molecule has 2 N–H and O–H groups in total. The van der Waals surface area contributed by atoms with Crippen LogP contribution in [0, 0.1) is 17.1 Å². The maximum Gasteiger partial charge on any atom is 0.319 e. The quantitative estimate of drug-likeness (QED) is 0.907. The average molecular weight is 309 g/mol. The topological polar surface area (TPSA) is 64.9 Å². The molecule has 3 rings (SSSR count). The molecule has 0 aliphatic heterocycles. The summed E-state index contributed by atoms with van der Waals surface area (Å²) in [5.74, 6) is -0.506. The van der Waals surface area contributed by atoms with Crippen LogP contribution in [0.2, 0.25) is 0 Å². The SMILES string of the molecule is N#Cc1cc(F)ccc1NC(=O)NCC1(c2ccccc2)CC1. The van der Waals surface area contributed by atoms with E-state index in [0.29, 0.717) is 12.2 Å². The Bertz CT molecular complexity index is 764. The molecule has 23 heavy (non-hydrogen) atoms. The molecule has 116 valence electrons. The lowest BCUT2D eigenvalue weighted by Crippen LogP contribution is -2.35. The molecule has 0 heterocycles. The summed E-state index contributed by atoms with van der Waals surface area (Å²) in [5.41, 5.74) is 1.64. The second-order valence-corrected chi connectivity index (χ2v) is 5.76. The number of urea groups is 1. The Hall–Kier alpha value is -2.87. The van der Waals surface area contributed by atoms with Crippen molar-refractivity contribution in [3.8, 4) is 6.07 Å². The highest BCUT2D eigenvalue weighted by molar-refractivity contribution is 5.90. The van der Waals surface area contributed by atoms with Crippen LogP contribution in [0.15, 0.2) is 48.5 Å². The number of hydrogen-bond acceptors (Lipinski definition) is 2. The molecule has 2 aromatic rings. The van der Waals surface area contributed by atoms with Crippen molar-refractivity contribution in [1.29, 1.82) is 5.26 Å². The molecule has 0 saturated heterocycles. The first-order valence-electron chi connectivity index (χ1n) is 7.43. The first kappa shape index (κ1) is 15.0. The third kappa shape index (κ3) is 3.32. The van der Waals surface area contributed by atoms with Crippen molar-refractivity contribution in [2.24, 2.45) is 0 Å². The van der Waals surface area contributed by atoms with Crippen molar-refractivity contribution in [3.05, 3.63) is 65.5 Å². The Kier molecular flexibility index (Phi) is 3.98. The summed E-state index contributed by atoms with van der Waals surface area (Å²) in [6, 6.07) is 15.3. The van der Waals surface area contributed by atoms with E-state index in [9.17, 15) is 9.18 Å². The van der Waals surface area contributed by atoms with E-state index in [1.807, 2.05) is 24.3 Å². The standard InChI is InChI=1S/C18H16FN3O/c19-15-6-7-16(13(10-15)11-20)22-17(23)21-12-18(8-9-18)14-4-2-1-3-5-14/h1-7,10H,8-9,12H2,(H2,21,22,23). The van der Waals surface area contributed by atoms with Crippen molar-refractivity contribution < 1.29 is 9.18 Å². The van der Waals surface area contributed by atoms with Crippen LogP contribution in [0.3, 0.4) is 0 Å². The van der Waals surface area contributed by atoms with Gasteiger partial charge in [-0.25, -0.2) is 9.18 Å². The summed E-state index contributed by atoms with van der Waals surface area (Å²) in [6.45, 7) is 0.534. The minimum Gasteiger partial charge on any atom is -0.337 e. The van der Waals surface area contributed by atoms with E-state index in [1.165, 1.54) is 17.7 Å². The molecule has 4 nitrogen and oxygen atoms in total. The van der Waals surface area contributed by atoms with Gasteiger partial charge in [0.05, 0.1) is 11.3 Å². The monoisotopic (exact) mass is 309 g/mol. The summed E-state index contributed by atoms with van der Waals surface area (Å²) in [6.07, 6.45) is 2.08. The third-order valence-corrected chi connectivity index (χ3v) is 4.18. The van der Waals surface area contributed by atoms with Crippen LogP contribution in [0.25, 0.3) is 0 Å². The van der Waals surface area contributed by atoms with E-state index in [0.717, 1.165) is 18.9 Å². The Morgan fingerprint density at radius 2 is 1.96 bits per heavy atom. The van der Waals surface area contributed by atoms with Crippen LogP contribution in [0.4, 0.5) is 14.9 Å². The average Bonchev–Trinajstić information content (AvgIpc) is 3.37. The molecule has 1 saturated carbocycles. The molecule has 2 aromatic carbocycles. The number of nitrogens with zero attached hydrogens (tertiary/aromatic N) is 1.